The molecule has 1 saturated carbocycles. The standard InChI is InChI=1S/C18H16F3N7/c19-14-5-10(8-28-16(14)24-9-25-28)12-6-22-15-13(12)7-23-17(27-15)26-11-1-3-18(20,21)4-2-11/h5-9,11H,1-4H2,(H2,22,23,26,27). The Morgan fingerprint density at radius 3 is 2.86 bits per heavy atom. The van der Waals surface area contributed by atoms with E-state index in [0.717, 1.165) is 10.9 Å². The number of halogens is 3. The van der Waals surface area contributed by atoms with E-state index >= 15 is 0 Å². The van der Waals surface area contributed by atoms with Gasteiger partial charge in [0.05, 0.1) is 0 Å². The maximum absolute atomic E-state index is 14.2. The first-order valence-electron chi connectivity index (χ1n) is 8.96. The molecule has 0 saturated heterocycles. The molecule has 4 aromatic heterocycles. The van der Waals surface area contributed by atoms with Crippen molar-refractivity contribution in [2.75, 3.05) is 5.32 Å². The number of fused-ring (bicyclic) bond motifs is 2. The molecule has 1 fully saturated rings. The van der Waals surface area contributed by atoms with Crippen LogP contribution in [0.25, 0.3) is 27.8 Å². The lowest BCUT2D eigenvalue weighted by Gasteiger charge is -2.28. The second kappa shape index (κ2) is 6.18. The summed E-state index contributed by atoms with van der Waals surface area (Å²) in [6, 6.07) is 1.32. The summed E-state index contributed by atoms with van der Waals surface area (Å²) in [6.07, 6.45) is 6.83. The van der Waals surface area contributed by atoms with Crippen molar-refractivity contribution in [2.45, 2.75) is 37.6 Å². The third-order valence-corrected chi connectivity index (χ3v) is 5.12. The van der Waals surface area contributed by atoms with E-state index in [9.17, 15) is 13.2 Å². The zero-order valence-corrected chi connectivity index (χ0v) is 14.7. The minimum absolute atomic E-state index is 0.0738. The molecule has 7 nitrogen and oxygen atoms in total. The topological polar surface area (TPSA) is 83.8 Å². The molecular weight excluding hydrogens is 371 g/mol. The first-order valence-corrected chi connectivity index (χ1v) is 8.96. The number of aromatic nitrogens is 6. The normalized spacial score (nSPS) is 17.4. The molecule has 0 radical (unpaired) electrons. The van der Waals surface area contributed by atoms with Crippen molar-refractivity contribution in [1.29, 1.82) is 0 Å². The summed E-state index contributed by atoms with van der Waals surface area (Å²) in [5.74, 6) is -2.66. The summed E-state index contributed by atoms with van der Waals surface area (Å²) in [5.41, 5.74) is 2.08. The lowest BCUT2D eigenvalue weighted by Crippen LogP contribution is -2.32. The van der Waals surface area contributed by atoms with E-state index in [0.29, 0.717) is 30.0 Å². The molecule has 0 atom stereocenters. The van der Waals surface area contributed by atoms with Crippen molar-refractivity contribution in [3.63, 3.8) is 0 Å². The molecule has 28 heavy (non-hydrogen) atoms. The van der Waals surface area contributed by atoms with Gasteiger partial charge in [0, 0.05) is 54.0 Å². The highest BCUT2D eigenvalue weighted by molar-refractivity contribution is 5.93. The minimum Gasteiger partial charge on any atom is -0.351 e. The molecule has 0 amide bonds. The second-order valence-electron chi connectivity index (χ2n) is 7.04. The van der Waals surface area contributed by atoms with Crippen LogP contribution < -0.4 is 5.32 Å². The van der Waals surface area contributed by atoms with Crippen LogP contribution in [0.15, 0.2) is 31.0 Å². The zero-order valence-electron chi connectivity index (χ0n) is 14.7. The number of pyridine rings is 1. The third kappa shape index (κ3) is 2.94. The first kappa shape index (κ1) is 17.0. The average Bonchev–Trinajstić information content (AvgIpc) is 3.30. The van der Waals surface area contributed by atoms with Crippen molar-refractivity contribution in [3.8, 4) is 11.1 Å². The van der Waals surface area contributed by atoms with Gasteiger partial charge >= 0.3 is 0 Å². The fourth-order valence-electron chi connectivity index (χ4n) is 3.62. The number of H-pyrrole nitrogens is 1. The maximum Gasteiger partial charge on any atom is 0.248 e. The Morgan fingerprint density at radius 1 is 1.21 bits per heavy atom. The number of nitrogens with zero attached hydrogens (tertiary/aromatic N) is 5. The molecule has 10 heteroatoms. The Balaban J connectivity index is 1.43. The fourth-order valence-corrected chi connectivity index (χ4v) is 3.62. The van der Waals surface area contributed by atoms with Crippen LogP contribution in [-0.2, 0) is 0 Å². The maximum atomic E-state index is 14.2. The summed E-state index contributed by atoms with van der Waals surface area (Å²) in [7, 11) is 0. The Hall–Kier alpha value is -3.17. The summed E-state index contributed by atoms with van der Waals surface area (Å²) < 4.78 is 42.2. The van der Waals surface area contributed by atoms with Crippen LogP contribution in [0.4, 0.5) is 19.1 Å². The lowest BCUT2D eigenvalue weighted by molar-refractivity contribution is -0.0361. The second-order valence-corrected chi connectivity index (χ2v) is 7.04. The van der Waals surface area contributed by atoms with Crippen LogP contribution in [0.2, 0.25) is 0 Å². The van der Waals surface area contributed by atoms with Gasteiger partial charge in [-0.05, 0) is 18.9 Å². The molecular formula is C18H16F3N7. The quantitative estimate of drug-likeness (QED) is 0.559. The number of nitrogens with one attached hydrogen (secondary N) is 2. The van der Waals surface area contributed by atoms with Crippen molar-refractivity contribution in [3.05, 3.63) is 36.8 Å². The molecule has 144 valence electrons. The molecule has 0 spiro atoms. The number of hydrogen-bond acceptors (Lipinski definition) is 5. The monoisotopic (exact) mass is 387 g/mol. The zero-order chi connectivity index (χ0) is 19.3. The van der Waals surface area contributed by atoms with Crippen LogP contribution in [0.1, 0.15) is 25.7 Å². The van der Waals surface area contributed by atoms with Crippen molar-refractivity contribution in [2.24, 2.45) is 0 Å². The van der Waals surface area contributed by atoms with Gasteiger partial charge in [0.15, 0.2) is 11.5 Å². The summed E-state index contributed by atoms with van der Waals surface area (Å²) in [6.45, 7) is 0. The van der Waals surface area contributed by atoms with E-state index in [1.54, 1.807) is 18.6 Å². The molecule has 0 bridgehead atoms. The highest BCUT2D eigenvalue weighted by Crippen LogP contribution is 2.34. The third-order valence-electron chi connectivity index (χ3n) is 5.12. The number of anilines is 1. The number of hydrogen-bond donors (Lipinski definition) is 2. The van der Waals surface area contributed by atoms with Gasteiger partial charge in [-0.3, -0.25) is 0 Å². The highest BCUT2D eigenvalue weighted by Gasteiger charge is 2.35. The smallest absolute Gasteiger partial charge is 0.248 e. The van der Waals surface area contributed by atoms with E-state index in [-0.39, 0.29) is 24.5 Å². The molecule has 2 N–H and O–H groups in total. The van der Waals surface area contributed by atoms with Crippen molar-refractivity contribution in [1.82, 2.24) is 29.5 Å². The van der Waals surface area contributed by atoms with Gasteiger partial charge in [0.1, 0.15) is 12.0 Å². The van der Waals surface area contributed by atoms with E-state index in [1.165, 1.54) is 16.9 Å². The van der Waals surface area contributed by atoms with E-state index in [2.05, 4.69) is 30.4 Å². The van der Waals surface area contributed by atoms with Gasteiger partial charge in [-0.15, -0.1) is 0 Å². The van der Waals surface area contributed by atoms with Gasteiger partial charge in [0.25, 0.3) is 0 Å². The number of alkyl halides is 2. The van der Waals surface area contributed by atoms with E-state index in [4.69, 9.17) is 0 Å². The summed E-state index contributed by atoms with van der Waals surface area (Å²) in [4.78, 5) is 15.7. The highest BCUT2D eigenvalue weighted by atomic mass is 19.3. The molecule has 4 heterocycles. The van der Waals surface area contributed by atoms with Gasteiger partial charge in [0.2, 0.25) is 11.9 Å². The van der Waals surface area contributed by atoms with E-state index in [1.807, 2.05) is 0 Å². The summed E-state index contributed by atoms with van der Waals surface area (Å²) in [5, 5.41) is 7.83. The van der Waals surface area contributed by atoms with Crippen LogP contribution >= 0.6 is 0 Å². The Bertz CT molecular complexity index is 1160. The van der Waals surface area contributed by atoms with Crippen LogP contribution in [0.3, 0.4) is 0 Å². The van der Waals surface area contributed by atoms with Crippen LogP contribution in [-0.4, -0.2) is 41.5 Å². The molecule has 1 aliphatic rings. The van der Waals surface area contributed by atoms with Gasteiger partial charge in [-0.25, -0.2) is 27.7 Å². The SMILES string of the molecule is Fc1cc(-c2c[nH]c3nc(NC4CCC(F)(F)CC4)ncc23)cn2ncnc12. The molecule has 1 aliphatic carbocycles. The van der Waals surface area contributed by atoms with E-state index < -0.39 is 11.7 Å². The fraction of sp³-hybridized carbons (Fsp3) is 0.333. The first-order chi connectivity index (χ1) is 13.5. The molecule has 0 aliphatic heterocycles. The Labute approximate surface area is 157 Å². The van der Waals surface area contributed by atoms with Crippen molar-refractivity contribution < 1.29 is 13.2 Å². The Morgan fingerprint density at radius 2 is 2.04 bits per heavy atom. The summed E-state index contributed by atoms with van der Waals surface area (Å²) >= 11 is 0. The molecule has 5 rings (SSSR count). The number of aromatic amines is 1. The Kier molecular flexibility index (Phi) is 3.74. The van der Waals surface area contributed by atoms with Crippen LogP contribution in [0, 0.1) is 5.82 Å². The minimum atomic E-state index is -2.57. The van der Waals surface area contributed by atoms with Gasteiger partial charge in [-0.2, -0.15) is 10.1 Å². The lowest BCUT2D eigenvalue weighted by atomic mass is 9.92. The van der Waals surface area contributed by atoms with Gasteiger partial charge < -0.3 is 10.3 Å². The van der Waals surface area contributed by atoms with Crippen molar-refractivity contribution >= 4 is 22.6 Å². The van der Waals surface area contributed by atoms with Crippen LogP contribution in [0.5, 0.6) is 0 Å². The molecule has 0 aromatic carbocycles. The molecule has 4 aromatic rings. The largest absolute Gasteiger partial charge is 0.351 e. The number of rotatable bonds is 3. The molecule has 0 unspecified atom stereocenters. The average molecular weight is 387 g/mol. The van der Waals surface area contributed by atoms with Gasteiger partial charge in [-0.1, -0.05) is 0 Å². The predicted molar refractivity (Wildman–Crippen MR) is 96.7 cm³/mol. The predicted octanol–water partition coefficient (Wildman–Crippen LogP) is 3.80.